The first-order chi connectivity index (χ1) is 12.7. The molecule has 0 saturated carbocycles. The third kappa shape index (κ3) is 3.86. The highest BCUT2D eigenvalue weighted by molar-refractivity contribution is 7.88. The SMILES string of the molecule is CC.O=C(CS(=O)c1nc2ccccc2s1)N1CCCc2ccccc21. The third-order valence-electron chi connectivity index (χ3n) is 4.13. The van der Waals surface area contributed by atoms with Crippen LogP contribution in [-0.4, -0.2) is 27.4 Å². The molecule has 0 N–H and O–H groups in total. The van der Waals surface area contributed by atoms with Crippen molar-refractivity contribution in [3.63, 3.8) is 0 Å². The molecular formula is C20H22N2O2S2. The molecule has 1 aliphatic heterocycles. The number of hydrogen-bond donors (Lipinski definition) is 0. The monoisotopic (exact) mass is 386 g/mol. The molecule has 0 fully saturated rings. The van der Waals surface area contributed by atoms with Gasteiger partial charge in [-0.2, -0.15) is 0 Å². The molecule has 0 radical (unpaired) electrons. The molecule has 2 aromatic carbocycles. The predicted octanol–water partition coefficient (Wildman–Crippen LogP) is 4.41. The molecule has 0 aliphatic carbocycles. The zero-order valence-electron chi connectivity index (χ0n) is 15.0. The highest BCUT2D eigenvalue weighted by atomic mass is 32.2. The molecule has 4 rings (SSSR count). The van der Waals surface area contributed by atoms with Gasteiger partial charge in [-0.05, 0) is 36.6 Å². The predicted molar refractivity (Wildman–Crippen MR) is 109 cm³/mol. The molecule has 3 aromatic rings. The first-order valence-corrected chi connectivity index (χ1v) is 11.0. The Balaban J connectivity index is 0.000000948. The summed E-state index contributed by atoms with van der Waals surface area (Å²) in [4.78, 5) is 18.8. The van der Waals surface area contributed by atoms with E-state index in [0.29, 0.717) is 10.9 Å². The van der Waals surface area contributed by atoms with Gasteiger partial charge in [0.05, 0.1) is 21.0 Å². The fourth-order valence-corrected chi connectivity index (χ4v) is 5.21. The topological polar surface area (TPSA) is 50.3 Å². The zero-order chi connectivity index (χ0) is 18.5. The fourth-order valence-electron chi connectivity index (χ4n) is 2.99. The standard InChI is InChI=1S/C18H16N2O2S2.C2H6/c21-17(20-11-5-7-13-6-1-3-9-15(13)20)12-24(22)18-19-14-8-2-4-10-16(14)23-18;1-2/h1-4,6,8-10H,5,7,11-12H2;1-2H3. The second kappa shape index (κ2) is 8.56. The number of aromatic nitrogens is 1. The van der Waals surface area contributed by atoms with E-state index in [-0.39, 0.29) is 11.7 Å². The van der Waals surface area contributed by atoms with E-state index in [9.17, 15) is 9.00 Å². The number of carbonyl (C=O) groups excluding carboxylic acids is 1. The molecule has 2 heterocycles. The summed E-state index contributed by atoms with van der Waals surface area (Å²) in [5, 5.41) is 0. The molecule has 1 unspecified atom stereocenters. The molecule has 1 aliphatic rings. The van der Waals surface area contributed by atoms with Crippen LogP contribution >= 0.6 is 11.3 Å². The number of thiazole rings is 1. The average Bonchev–Trinajstić information content (AvgIpc) is 3.13. The van der Waals surface area contributed by atoms with Crippen LogP contribution < -0.4 is 4.90 Å². The van der Waals surface area contributed by atoms with E-state index >= 15 is 0 Å². The number of fused-ring (bicyclic) bond motifs is 2. The maximum atomic E-state index is 12.7. The molecule has 6 heteroatoms. The highest BCUT2D eigenvalue weighted by Gasteiger charge is 2.24. The van der Waals surface area contributed by atoms with Gasteiger partial charge in [-0.3, -0.25) is 9.00 Å². The van der Waals surface area contributed by atoms with Crippen molar-refractivity contribution in [3.8, 4) is 0 Å². The Bertz CT molecular complexity index is 903. The molecule has 1 aromatic heterocycles. The van der Waals surface area contributed by atoms with Gasteiger partial charge in [0.15, 0.2) is 4.34 Å². The van der Waals surface area contributed by atoms with E-state index in [1.54, 1.807) is 4.90 Å². The summed E-state index contributed by atoms with van der Waals surface area (Å²) in [6.45, 7) is 4.69. The Morgan fingerprint density at radius 3 is 2.69 bits per heavy atom. The summed E-state index contributed by atoms with van der Waals surface area (Å²) in [7, 11) is -1.41. The lowest BCUT2D eigenvalue weighted by Gasteiger charge is -2.29. The largest absolute Gasteiger partial charge is 0.311 e. The van der Waals surface area contributed by atoms with Crippen LogP contribution in [0.25, 0.3) is 10.2 Å². The number of benzene rings is 2. The second-order valence-electron chi connectivity index (χ2n) is 5.71. The van der Waals surface area contributed by atoms with Crippen LogP contribution in [0.2, 0.25) is 0 Å². The maximum absolute atomic E-state index is 12.7. The van der Waals surface area contributed by atoms with Gasteiger partial charge in [-0.15, -0.1) is 11.3 Å². The Kier molecular flexibility index (Phi) is 6.16. The number of amides is 1. The summed E-state index contributed by atoms with van der Waals surface area (Å²) in [5.41, 5.74) is 2.97. The number of carbonyl (C=O) groups is 1. The van der Waals surface area contributed by atoms with Crippen molar-refractivity contribution in [2.75, 3.05) is 17.2 Å². The van der Waals surface area contributed by atoms with E-state index in [1.165, 1.54) is 16.9 Å². The summed E-state index contributed by atoms with van der Waals surface area (Å²) < 4.78 is 14.1. The quantitative estimate of drug-likeness (QED) is 0.670. The Hall–Kier alpha value is -2.05. The summed E-state index contributed by atoms with van der Waals surface area (Å²) in [5.74, 6) is -0.117. The molecule has 136 valence electrons. The van der Waals surface area contributed by atoms with Crippen molar-refractivity contribution >= 4 is 43.9 Å². The van der Waals surface area contributed by atoms with Crippen molar-refractivity contribution in [1.82, 2.24) is 4.98 Å². The van der Waals surface area contributed by atoms with Gasteiger partial charge in [0.25, 0.3) is 0 Å². The minimum atomic E-state index is -1.41. The van der Waals surface area contributed by atoms with Crippen LogP contribution in [0.3, 0.4) is 0 Å². The van der Waals surface area contributed by atoms with Gasteiger partial charge in [-0.1, -0.05) is 44.2 Å². The van der Waals surface area contributed by atoms with Gasteiger partial charge in [0.2, 0.25) is 5.91 Å². The van der Waals surface area contributed by atoms with Crippen molar-refractivity contribution < 1.29 is 9.00 Å². The molecule has 1 atom stereocenters. The highest BCUT2D eigenvalue weighted by Crippen LogP contribution is 2.28. The number of hydrogen-bond acceptors (Lipinski definition) is 4. The number of anilines is 1. The minimum absolute atomic E-state index is 0.0197. The van der Waals surface area contributed by atoms with Crippen LogP contribution in [0.1, 0.15) is 25.8 Å². The van der Waals surface area contributed by atoms with Crippen LogP contribution in [0.5, 0.6) is 0 Å². The van der Waals surface area contributed by atoms with Gasteiger partial charge in [0.1, 0.15) is 5.75 Å². The smallest absolute Gasteiger partial charge is 0.240 e. The molecule has 26 heavy (non-hydrogen) atoms. The van der Waals surface area contributed by atoms with Gasteiger partial charge in [-0.25, -0.2) is 4.98 Å². The number of rotatable bonds is 3. The first kappa shape index (κ1) is 18.7. The van der Waals surface area contributed by atoms with Crippen molar-refractivity contribution in [2.24, 2.45) is 0 Å². The van der Waals surface area contributed by atoms with E-state index < -0.39 is 10.8 Å². The molecule has 4 nitrogen and oxygen atoms in total. The second-order valence-corrected chi connectivity index (χ2v) is 8.37. The summed E-state index contributed by atoms with van der Waals surface area (Å²) >= 11 is 1.40. The molecule has 0 saturated heterocycles. The van der Waals surface area contributed by atoms with Gasteiger partial charge < -0.3 is 4.90 Å². The average molecular weight is 387 g/mol. The minimum Gasteiger partial charge on any atom is -0.311 e. The Morgan fingerprint density at radius 1 is 1.15 bits per heavy atom. The van der Waals surface area contributed by atoms with E-state index in [0.717, 1.165) is 28.7 Å². The molecule has 0 spiro atoms. The van der Waals surface area contributed by atoms with E-state index in [2.05, 4.69) is 11.1 Å². The molecule has 0 bridgehead atoms. The number of aryl methyl sites for hydroxylation is 1. The Labute approximate surface area is 160 Å². The normalized spacial score (nSPS) is 14.3. The summed E-state index contributed by atoms with van der Waals surface area (Å²) in [6, 6.07) is 15.6. The lowest BCUT2D eigenvalue weighted by molar-refractivity contribution is -0.116. The lowest BCUT2D eigenvalue weighted by atomic mass is 10.0. The van der Waals surface area contributed by atoms with Crippen molar-refractivity contribution in [3.05, 3.63) is 54.1 Å². The summed E-state index contributed by atoms with van der Waals surface area (Å²) in [6.07, 6.45) is 1.93. The van der Waals surface area contributed by atoms with Crippen LogP contribution in [-0.2, 0) is 22.0 Å². The number of para-hydroxylation sites is 2. The van der Waals surface area contributed by atoms with E-state index in [1.807, 2.05) is 56.3 Å². The van der Waals surface area contributed by atoms with Crippen LogP contribution in [0, 0.1) is 0 Å². The third-order valence-corrected chi connectivity index (χ3v) is 6.76. The van der Waals surface area contributed by atoms with Gasteiger partial charge in [0, 0.05) is 12.2 Å². The number of nitrogens with zero attached hydrogens (tertiary/aromatic N) is 2. The van der Waals surface area contributed by atoms with Crippen LogP contribution in [0.4, 0.5) is 5.69 Å². The molecular weight excluding hydrogens is 364 g/mol. The maximum Gasteiger partial charge on any atom is 0.240 e. The van der Waals surface area contributed by atoms with Crippen molar-refractivity contribution in [2.45, 2.75) is 31.0 Å². The molecule has 1 amide bonds. The van der Waals surface area contributed by atoms with Gasteiger partial charge >= 0.3 is 0 Å². The van der Waals surface area contributed by atoms with Crippen LogP contribution in [0.15, 0.2) is 52.9 Å². The van der Waals surface area contributed by atoms with Crippen molar-refractivity contribution in [1.29, 1.82) is 0 Å². The lowest BCUT2D eigenvalue weighted by Crippen LogP contribution is -2.38. The Morgan fingerprint density at radius 2 is 1.88 bits per heavy atom. The zero-order valence-corrected chi connectivity index (χ0v) is 16.6. The first-order valence-electron chi connectivity index (χ1n) is 8.84. The fraction of sp³-hybridized carbons (Fsp3) is 0.300. The van der Waals surface area contributed by atoms with E-state index in [4.69, 9.17) is 0 Å².